The molecule has 0 aliphatic heterocycles. The van der Waals surface area contributed by atoms with E-state index in [0.717, 1.165) is 35.2 Å². The largest absolute Gasteiger partial charge is 0.508 e. The van der Waals surface area contributed by atoms with Crippen molar-refractivity contribution in [3.8, 4) is 5.75 Å². The summed E-state index contributed by atoms with van der Waals surface area (Å²) in [5, 5.41) is 12.9. The van der Waals surface area contributed by atoms with Gasteiger partial charge in [-0.3, -0.25) is 4.79 Å². The maximum Gasteiger partial charge on any atom is 0.224 e. The van der Waals surface area contributed by atoms with Crippen LogP contribution in [0.1, 0.15) is 101 Å². The van der Waals surface area contributed by atoms with E-state index in [2.05, 4.69) is 12.2 Å². The van der Waals surface area contributed by atoms with Crippen molar-refractivity contribution in [2.24, 2.45) is 0 Å². The standard InChI is InChI=1S/C23H39NO2/c1-5-6-7-8-9-10-11-12-13-14-15-16-22(26)24-23-18(2)17-21(25)19(3)20(23)4/h17,25H,5-16H2,1-4H3,(H,24,26). The normalized spacial score (nSPS) is 10.9. The molecule has 0 bridgehead atoms. The molecule has 0 aliphatic carbocycles. The summed E-state index contributed by atoms with van der Waals surface area (Å²) in [5.41, 5.74) is 3.56. The van der Waals surface area contributed by atoms with Gasteiger partial charge in [0.25, 0.3) is 0 Å². The number of benzene rings is 1. The lowest BCUT2D eigenvalue weighted by Crippen LogP contribution is -2.13. The number of aryl methyl sites for hydroxylation is 1. The maximum atomic E-state index is 12.2. The van der Waals surface area contributed by atoms with Gasteiger partial charge >= 0.3 is 0 Å². The summed E-state index contributed by atoms with van der Waals surface area (Å²) < 4.78 is 0. The molecule has 26 heavy (non-hydrogen) atoms. The van der Waals surface area contributed by atoms with Gasteiger partial charge < -0.3 is 10.4 Å². The van der Waals surface area contributed by atoms with E-state index in [1.165, 1.54) is 57.8 Å². The van der Waals surface area contributed by atoms with Crippen LogP contribution in [-0.2, 0) is 4.79 Å². The van der Waals surface area contributed by atoms with E-state index >= 15 is 0 Å². The van der Waals surface area contributed by atoms with E-state index < -0.39 is 0 Å². The molecule has 2 N–H and O–H groups in total. The SMILES string of the molecule is CCCCCCCCCCCCCC(=O)Nc1c(C)cc(O)c(C)c1C. The maximum absolute atomic E-state index is 12.2. The predicted molar refractivity (Wildman–Crippen MR) is 112 cm³/mol. The Morgan fingerprint density at radius 3 is 1.88 bits per heavy atom. The molecule has 0 unspecified atom stereocenters. The Labute approximate surface area is 160 Å². The number of anilines is 1. The number of unbranched alkanes of at least 4 members (excludes halogenated alkanes) is 10. The molecule has 0 heterocycles. The molecule has 1 aromatic carbocycles. The van der Waals surface area contributed by atoms with E-state index in [0.29, 0.717) is 12.2 Å². The number of carbonyl (C=O) groups is 1. The zero-order chi connectivity index (χ0) is 19.4. The first-order valence-corrected chi connectivity index (χ1v) is 10.6. The number of hydrogen-bond acceptors (Lipinski definition) is 2. The van der Waals surface area contributed by atoms with Crippen molar-refractivity contribution in [1.82, 2.24) is 0 Å². The molecule has 148 valence electrons. The fourth-order valence-corrected chi connectivity index (χ4v) is 3.40. The molecule has 0 radical (unpaired) electrons. The first-order valence-electron chi connectivity index (χ1n) is 10.6. The van der Waals surface area contributed by atoms with E-state index in [1.807, 2.05) is 20.8 Å². The average Bonchev–Trinajstić information content (AvgIpc) is 2.61. The van der Waals surface area contributed by atoms with Gasteiger partial charge in [-0.05, 0) is 49.9 Å². The second-order valence-electron chi connectivity index (χ2n) is 7.67. The summed E-state index contributed by atoms with van der Waals surface area (Å²) >= 11 is 0. The van der Waals surface area contributed by atoms with E-state index in [4.69, 9.17) is 0 Å². The number of phenolic OH excluding ortho intramolecular Hbond substituents is 1. The van der Waals surface area contributed by atoms with Crippen molar-refractivity contribution in [2.45, 2.75) is 105 Å². The molecule has 0 aliphatic rings. The molecule has 0 fully saturated rings. The Kier molecular flexibility index (Phi) is 11.1. The first kappa shape index (κ1) is 22.5. The highest BCUT2D eigenvalue weighted by atomic mass is 16.3. The van der Waals surface area contributed by atoms with Crippen LogP contribution in [0.2, 0.25) is 0 Å². The lowest BCUT2D eigenvalue weighted by molar-refractivity contribution is -0.116. The summed E-state index contributed by atoms with van der Waals surface area (Å²) in [6.07, 6.45) is 14.8. The number of phenols is 1. The molecule has 0 atom stereocenters. The van der Waals surface area contributed by atoms with Gasteiger partial charge in [0.05, 0.1) is 0 Å². The van der Waals surface area contributed by atoms with Gasteiger partial charge in [-0.2, -0.15) is 0 Å². The van der Waals surface area contributed by atoms with Gasteiger partial charge in [-0.25, -0.2) is 0 Å². The third-order valence-electron chi connectivity index (χ3n) is 5.34. The third kappa shape index (κ3) is 8.25. The Morgan fingerprint density at radius 1 is 0.846 bits per heavy atom. The molecule has 3 nitrogen and oxygen atoms in total. The Hall–Kier alpha value is -1.51. The summed E-state index contributed by atoms with van der Waals surface area (Å²) in [6.45, 7) is 8.00. The Bertz CT molecular complexity index is 552. The molecule has 1 aromatic rings. The van der Waals surface area contributed by atoms with Crippen LogP contribution < -0.4 is 5.32 Å². The molecular formula is C23H39NO2. The molecule has 0 spiro atoms. The van der Waals surface area contributed by atoms with Crippen LogP contribution in [0.3, 0.4) is 0 Å². The van der Waals surface area contributed by atoms with Gasteiger partial charge in [-0.15, -0.1) is 0 Å². The molecular weight excluding hydrogens is 322 g/mol. The zero-order valence-electron chi connectivity index (χ0n) is 17.4. The predicted octanol–water partition coefficient (Wildman–Crippen LogP) is 6.96. The van der Waals surface area contributed by atoms with E-state index in [9.17, 15) is 9.90 Å². The van der Waals surface area contributed by atoms with Crippen LogP contribution in [0, 0.1) is 20.8 Å². The number of nitrogens with one attached hydrogen (secondary N) is 1. The summed E-state index contributed by atoms with van der Waals surface area (Å²) in [5.74, 6) is 0.376. The van der Waals surface area contributed by atoms with Crippen molar-refractivity contribution in [3.05, 3.63) is 22.8 Å². The second kappa shape index (κ2) is 12.8. The minimum absolute atomic E-state index is 0.0808. The molecule has 3 heteroatoms. The molecule has 0 saturated heterocycles. The summed E-state index contributed by atoms with van der Waals surface area (Å²) in [4.78, 5) is 12.2. The van der Waals surface area contributed by atoms with Gasteiger partial charge in [0.15, 0.2) is 0 Å². The highest BCUT2D eigenvalue weighted by Gasteiger charge is 2.12. The van der Waals surface area contributed by atoms with Crippen LogP contribution in [0.15, 0.2) is 6.07 Å². The number of amides is 1. The van der Waals surface area contributed by atoms with Gasteiger partial charge in [0, 0.05) is 12.1 Å². The van der Waals surface area contributed by atoms with Gasteiger partial charge in [0.2, 0.25) is 5.91 Å². The lowest BCUT2D eigenvalue weighted by Gasteiger charge is -2.15. The monoisotopic (exact) mass is 361 g/mol. The van der Waals surface area contributed by atoms with Crippen LogP contribution in [0.4, 0.5) is 5.69 Å². The number of hydrogen-bond donors (Lipinski definition) is 2. The van der Waals surface area contributed by atoms with E-state index in [1.54, 1.807) is 6.07 Å². The van der Waals surface area contributed by atoms with Crippen LogP contribution in [0.5, 0.6) is 5.75 Å². The topological polar surface area (TPSA) is 49.3 Å². The van der Waals surface area contributed by atoms with Gasteiger partial charge in [-0.1, -0.05) is 71.1 Å². The fraction of sp³-hybridized carbons (Fsp3) is 0.696. The van der Waals surface area contributed by atoms with Crippen molar-refractivity contribution >= 4 is 11.6 Å². The highest BCUT2D eigenvalue weighted by Crippen LogP contribution is 2.30. The van der Waals surface area contributed by atoms with Crippen molar-refractivity contribution in [2.75, 3.05) is 5.32 Å². The third-order valence-corrected chi connectivity index (χ3v) is 5.34. The zero-order valence-corrected chi connectivity index (χ0v) is 17.4. The first-order chi connectivity index (χ1) is 12.5. The van der Waals surface area contributed by atoms with Gasteiger partial charge in [0.1, 0.15) is 5.75 Å². The van der Waals surface area contributed by atoms with Crippen molar-refractivity contribution in [3.63, 3.8) is 0 Å². The quantitative estimate of drug-likeness (QED) is 0.295. The second-order valence-corrected chi connectivity index (χ2v) is 7.67. The van der Waals surface area contributed by atoms with Crippen LogP contribution in [0.25, 0.3) is 0 Å². The van der Waals surface area contributed by atoms with Crippen molar-refractivity contribution in [1.29, 1.82) is 0 Å². The lowest BCUT2D eigenvalue weighted by atomic mass is 10.0. The molecule has 0 saturated carbocycles. The minimum atomic E-state index is 0.0808. The highest BCUT2D eigenvalue weighted by molar-refractivity contribution is 5.92. The number of carbonyl (C=O) groups excluding carboxylic acids is 1. The molecule has 1 rings (SSSR count). The number of rotatable bonds is 13. The average molecular weight is 362 g/mol. The Morgan fingerprint density at radius 2 is 1.35 bits per heavy atom. The van der Waals surface area contributed by atoms with Crippen molar-refractivity contribution < 1.29 is 9.90 Å². The molecule has 0 aromatic heterocycles. The summed E-state index contributed by atoms with van der Waals surface area (Å²) in [7, 11) is 0. The van der Waals surface area contributed by atoms with Crippen LogP contribution >= 0.6 is 0 Å². The van der Waals surface area contributed by atoms with E-state index in [-0.39, 0.29) is 5.91 Å². The number of aromatic hydroxyl groups is 1. The Balaban J connectivity index is 2.14. The molecule has 1 amide bonds. The van der Waals surface area contributed by atoms with Crippen LogP contribution in [-0.4, -0.2) is 11.0 Å². The minimum Gasteiger partial charge on any atom is -0.508 e. The summed E-state index contributed by atoms with van der Waals surface area (Å²) in [6, 6.07) is 1.72. The smallest absolute Gasteiger partial charge is 0.224 e. The fourth-order valence-electron chi connectivity index (χ4n) is 3.40.